The van der Waals surface area contributed by atoms with Crippen LogP contribution in [0.25, 0.3) is 0 Å². The van der Waals surface area contributed by atoms with E-state index in [-0.39, 0.29) is 0 Å². The lowest BCUT2D eigenvalue weighted by molar-refractivity contribution is 0.603. The quantitative estimate of drug-likeness (QED) is 0.726. The van der Waals surface area contributed by atoms with Gasteiger partial charge in [-0.3, -0.25) is 4.72 Å². The van der Waals surface area contributed by atoms with Gasteiger partial charge in [-0.15, -0.1) is 11.3 Å². The molecule has 1 aliphatic heterocycles. The van der Waals surface area contributed by atoms with Crippen LogP contribution in [0.5, 0.6) is 0 Å². The summed E-state index contributed by atoms with van der Waals surface area (Å²) in [6.45, 7) is 4.06. The molecule has 3 aromatic rings. The van der Waals surface area contributed by atoms with Crippen LogP contribution in [-0.4, -0.2) is 19.4 Å². The predicted octanol–water partition coefficient (Wildman–Crippen LogP) is 4.34. The Balaban J connectivity index is 1.58. The molecular weight excluding hydrogens is 366 g/mol. The summed E-state index contributed by atoms with van der Waals surface area (Å²) in [6.07, 6.45) is 2.71. The minimum atomic E-state index is -3.59. The van der Waals surface area contributed by atoms with Gasteiger partial charge in [0.25, 0.3) is 10.0 Å². The maximum Gasteiger partial charge on any atom is 0.272 e. The molecular formula is C19H19N3O2S2. The highest BCUT2D eigenvalue weighted by atomic mass is 32.2. The summed E-state index contributed by atoms with van der Waals surface area (Å²) in [6, 6.07) is 15.7. The molecule has 2 aromatic heterocycles. The first-order chi connectivity index (χ1) is 12.4. The van der Waals surface area contributed by atoms with Gasteiger partial charge in [0, 0.05) is 16.6 Å². The first kappa shape index (κ1) is 17.1. The number of rotatable bonds is 4. The fourth-order valence-electron chi connectivity index (χ4n) is 3.29. The molecule has 0 spiro atoms. The van der Waals surface area contributed by atoms with Crippen molar-refractivity contribution in [3.8, 4) is 0 Å². The molecule has 0 fully saturated rings. The number of anilines is 3. The van der Waals surface area contributed by atoms with E-state index in [1.165, 1.54) is 22.6 Å². The lowest BCUT2D eigenvalue weighted by Crippen LogP contribution is -2.24. The van der Waals surface area contributed by atoms with Gasteiger partial charge in [-0.1, -0.05) is 18.2 Å². The summed E-state index contributed by atoms with van der Waals surface area (Å²) < 4.78 is 27.7. The van der Waals surface area contributed by atoms with E-state index in [9.17, 15) is 8.42 Å². The van der Waals surface area contributed by atoms with Crippen molar-refractivity contribution in [3.05, 3.63) is 65.2 Å². The molecule has 1 unspecified atom stereocenters. The van der Waals surface area contributed by atoms with E-state index in [1.807, 2.05) is 19.1 Å². The van der Waals surface area contributed by atoms with E-state index in [4.69, 9.17) is 0 Å². The largest absolute Gasteiger partial charge is 0.337 e. The number of nitrogens with one attached hydrogen (secondary N) is 1. The SMILES string of the molecule is Cc1ccc(S(=O)(=O)Nc2ccc(N3c4ccccc4CC3C)cn2)s1. The minimum absolute atomic E-state index is 0.294. The number of sulfonamides is 1. The Hall–Kier alpha value is -2.38. The number of pyridine rings is 1. The standard InChI is InChI=1S/C19H19N3O2S2/c1-13-11-15-5-3-4-6-17(15)22(13)16-8-9-18(20-12-16)21-26(23,24)19-10-7-14(2)25-19/h3-10,12-13H,11H2,1-2H3,(H,20,21). The van der Waals surface area contributed by atoms with E-state index >= 15 is 0 Å². The molecule has 4 rings (SSSR count). The fourth-order valence-corrected chi connectivity index (χ4v) is 5.58. The van der Waals surface area contributed by atoms with E-state index in [2.05, 4.69) is 39.7 Å². The Morgan fingerprint density at radius 1 is 1.15 bits per heavy atom. The number of nitrogens with zero attached hydrogens (tertiary/aromatic N) is 2. The zero-order chi connectivity index (χ0) is 18.3. The van der Waals surface area contributed by atoms with Gasteiger partial charge in [0.15, 0.2) is 0 Å². The van der Waals surface area contributed by atoms with Crippen molar-refractivity contribution in [2.75, 3.05) is 9.62 Å². The van der Waals surface area contributed by atoms with Crippen molar-refractivity contribution in [1.82, 2.24) is 4.98 Å². The number of para-hydroxylation sites is 1. The van der Waals surface area contributed by atoms with Crippen LogP contribution in [0.15, 0.2) is 58.9 Å². The fraction of sp³-hybridized carbons (Fsp3) is 0.211. The molecule has 0 bridgehead atoms. The van der Waals surface area contributed by atoms with Gasteiger partial charge in [0.05, 0.1) is 11.9 Å². The number of hydrogen-bond acceptors (Lipinski definition) is 5. The monoisotopic (exact) mass is 385 g/mol. The van der Waals surface area contributed by atoms with Crippen LogP contribution in [0, 0.1) is 6.92 Å². The summed E-state index contributed by atoms with van der Waals surface area (Å²) in [7, 11) is -3.59. The molecule has 26 heavy (non-hydrogen) atoms. The third kappa shape index (κ3) is 3.08. The summed E-state index contributed by atoms with van der Waals surface area (Å²) >= 11 is 1.24. The third-order valence-corrected chi connectivity index (χ3v) is 7.30. The third-order valence-electron chi connectivity index (χ3n) is 4.45. The molecule has 1 atom stereocenters. The smallest absolute Gasteiger partial charge is 0.272 e. The summed E-state index contributed by atoms with van der Waals surface area (Å²) in [5.74, 6) is 0.319. The Kier molecular flexibility index (Phi) is 4.20. The average Bonchev–Trinajstić information content (AvgIpc) is 3.18. The van der Waals surface area contributed by atoms with Crippen molar-refractivity contribution in [2.24, 2.45) is 0 Å². The molecule has 0 radical (unpaired) electrons. The molecule has 0 aliphatic carbocycles. The Morgan fingerprint density at radius 2 is 1.96 bits per heavy atom. The molecule has 3 heterocycles. The summed E-state index contributed by atoms with van der Waals surface area (Å²) in [5.41, 5.74) is 3.46. The van der Waals surface area contributed by atoms with E-state index in [1.54, 1.807) is 24.4 Å². The van der Waals surface area contributed by atoms with Gasteiger partial charge in [0.2, 0.25) is 0 Å². The Morgan fingerprint density at radius 3 is 2.65 bits per heavy atom. The zero-order valence-corrected chi connectivity index (χ0v) is 16.1. The van der Waals surface area contributed by atoms with Crippen LogP contribution in [-0.2, 0) is 16.4 Å². The Labute approximate surface area is 157 Å². The van der Waals surface area contributed by atoms with Gasteiger partial charge in [0.1, 0.15) is 10.0 Å². The van der Waals surface area contributed by atoms with Crippen LogP contribution in [0.3, 0.4) is 0 Å². The second kappa shape index (κ2) is 6.41. The number of fused-ring (bicyclic) bond motifs is 1. The highest BCUT2D eigenvalue weighted by molar-refractivity contribution is 7.94. The second-order valence-electron chi connectivity index (χ2n) is 6.42. The van der Waals surface area contributed by atoms with Crippen LogP contribution in [0.1, 0.15) is 17.4 Å². The predicted molar refractivity (Wildman–Crippen MR) is 106 cm³/mol. The van der Waals surface area contributed by atoms with Gasteiger partial charge in [-0.05, 0) is 56.2 Å². The topological polar surface area (TPSA) is 62.3 Å². The molecule has 7 heteroatoms. The maximum absolute atomic E-state index is 12.4. The van der Waals surface area contributed by atoms with Crippen LogP contribution < -0.4 is 9.62 Å². The first-order valence-corrected chi connectivity index (χ1v) is 10.7. The maximum atomic E-state index is 12.4. The number of hydrogen-bond donors (Lipinski definition) is 1. The number of aryl methyl sites for hydroxylation is 1. The first-order valence-electron chi connectivity index (χ1n) is 8.36. The molecule has 0 saturated carbocycles. The molecule has 0 amide bonds. The minimum Gasteiger partial charge on any atom is -0.337 e. The van der Waals surface area contributed by atoms with Gasteiger partial charge in [-0.25, -0.2) is 13.4 Å². The highest BCUT2D eigenvalue weighted by Crippen LogP contribution is 2.38. The molecule has 1 aromatic carbocycles. The lowest BCUT2D eigenvalue weighted by Gasteiger charge is -2.24. The summed E-state index contributed by atoms with van der Waals surface area (Å²) in [5, 5.41) is 0. The van der Waals surface area contributed by atoms with Crippen LogP contribution in [0.4, 0.5) is 17.2 Å². The molecule has 5 nitrogen and oxygen atoms in total. The highest BCUT2D eigenvalue weighted by Gasteiger charge is 2.27. The molecule has 1 N–H and O–H groups in total. The van der Waals surface area contributed by atoms with Gasteiger partial charge >= 0.3 is 0 Å². The number of benzene rings is 1. The van der Waals surface area contributed by atoms with Crippen LogP contribution in [0.2, 0.25) is 0 Å². The average molecular weight is 386 g/mol. The van der Waals surface area contributed by atoms with Crippen molar-refractivity contribution >= 4 is 38.6 Å². The van der Waals surface area contributed by atoms with Crippen LogP contribution >= 0.6 is 11.3 Å². The second-order valence-corrected chi connectivity index (χ2v) is 9.62. The van der Waals surface area contributed by atoms with E-state index in [0.29, 0.717) is 16.1 Å². The normalized spacial score (nSPS) is 16.5. The molecule has 1 aliphatic rings. The van der Waals surface area contributed by atoms with E-state index in [0.717, 1.165) is 17.0 Å². The summed E-state index contributed by atoms with van der Waals surface area (Å²) in [4.78, 5) is 7.51. The van der Waals surface area contributed by atoms with Crippen molar-refractivity contribution < 1.29 is 8.42 Å². The van der Waals surface area contributed by atoms with Crippen molar-refractivity contribution in [3.63, 3.8) is 0 Å². The van der Waals surface area contributed by atoms with Gasteiger partial charge < -0.3 is 4.90 Å². The van der Waals surface area contributed by atoms with Gasteiger partial charge in [-0.2, -0.15) is 0 Å². The van der Waals surface area contributed by atoms with Crippen molar-refractivity contribution in [1.29, 1.82) is 0 Å². The lowest BCUT2D eigenvalue weighted by atomic mass is 10.1. The van der Waals surface area contributed by atoms with E-state index < -0.39 is 10.0 Å². The molecule has 0 saturated heterocycles. The Bertz CT molecular complexity index is 1040. The zero-order valence-electron chi connectivity index (χ0n) is 14.5. The molecule has 134 valence electrons. The van der Waals surface area contributed by atoms with Crippen molar-refractivity contribution in [2.45, 2.75) is 30.5 Å². The number of thiophene rings is 1. The number of aromatic nitrogens is 1.